The van der Waals surface area contributed by atoms with Gasteiger partial charge in [-0.1, -0.05) is 0 Å². The summed E-state index contributed by atoms with van der Waals surface area (Å²) in [7, 11) is 0. The smallest absolute Gasteiger partial charge is 0.366 e. The lowest BCUT2D eigenvalue weighted by atomic mass is 10.0. The van der Waals surface area contributed by atoms with Crippen molar-refractivity contribution >= 4 is 11.4 Å². The highest BCUT2D eigenvalue weighted by atomic mass is 19.4. The highest BCUT2D eigenvalue weighted by Crippen LogP contribution is 2.39. The lowest BCUT2D eigenvalue weighted by Crippen LogP contribution is -2.45. The molecule has 9 heteroatoms. The van der Waals surface area contributed by atoms with E-state index in [9.17, 15) is 23.3 Å². The maximum absolute atomic E-state index is 12.7. The van der Waals surface area contributed by atoms with Crippen molar-refractivity contribution < 1.29 is 27.6 Å². The Morgan fingerprint density at radius 3 is 2.30 bits per heavy atom. The van der Waals surface area contributed by atoms with Crippen LogP contribution in [0.3, 0.4) is 0 Å². The third-order valence-corrected chi connectivity index (χ3v) is 4.18. The first-order chi connectivity index (χ1) is 10.8. The van der Waals surface area contributed by atoms with E-state index in [1.807, 2.05) is 0 Å². The molecule has 2 aliphatic rings. The third-order valence-electron chi connectivity index (χ3n) is 4.18. The number of nitro benzene ring substituents is 1. The average Bonchev–Trinajstić information content (AvgIpc) is 2.95. The number of anilines is 1. The van der Waals surface area contributed by atoms with Crippen molar-refractivity contribution in [1.29, 1.82) is 0 Å². The Hall–Kier alpha value is -1.87. The van der Waals surface area contributed by atoms with Crippen molar-refractivity contribution in [2.45, 2.75) is 24.8 Å². The van der Waals surface area contributed by atoms with Crippen LogP contribution < -0.4 is 4.90 Å². The number of nitro groups is 1. The van der Waals surface area contributed by atoms with Gasteiger partial charge in [-0.3, -0.25) is 10.1 Å². The number of ether oxygens (including phenoxy) is 2. The lowest BCUT2D eigenvalue weighted by molar-refractivity contribution is -0.384. The zero-order valence-corrected chi connectivity index (χ0v) is 12.1. The average molecular weight is 332 g/mol. The number of halogens is 3. The maximum Gasteiger partial charge on any atom is 0.416 e. The molecule has 3 rings (SSSR count). The summed E-state index contributed by atoms with van der Waals surface area (Å²) in [4.78, 5) is 12.1. The van der Waals surface area contributed by atoms with Crippen molar-refractivity contribution in [1.82, 2.24) is 0 Å². The Bertz CT molecular complexity index is 605. The Morgan fingerprint density at radius 1 is 1.17 bits per heavy atom. The molecule has 0 aromatic heterocycles. The molecule has 126 valence electrons. The zero-order valence-electron chi connectivity index (χ0n) is 12.1. The molecule has 2 aliphatic heterocycles. The van der Waals surface area contributed by atoms with E-state index in [0.29, 0.717) is 45.2 Å². The largest absolute Gasteiger partial charge is 0.416 e. The number of benzene rings is 1. The van der Waals surface area contributed by atoms with E-state index in [-0.39, 0.29) is 5.69 Å². The van der Waals surface area contributed by atoms with Gasteiger partial charge in [0, 0.05) is 32.0 Å². The Kier molecular flexibility index (Phi) is 3.93. The molecule has 0 N–H and O–H groups in total. The fourth-order valence-electron chi connectivity index (χ4n) is 2.99. The normalized spacial score (nSPS) is 20.9. The number of hydrogen-bond acceptors (Lipinski definition) is 5. The van der Waals surface area contributed by atoms with E-state index in [2.05, 4.69) is 0 Å². The fraction of sp³-hybridized carbons (Fsp3) is 0.571. The van der Waals surface area contributed by atoms with Gasteiger partial charge in [0.1, 0.15) is 5.69 Å². The molecule has 0 radical (unpaired) electrons. The summed E-state index contributed by atoms with van der Waals surface area (Å²) in [6.45, 7) is 1.87. The summed E-state index contributed by atoms with van der Waals surface area (Å²) >= 11 is 0. The van der Waals surface area contributed by atoms with E-state index in [1.165, 1.54) is 0 Å². The van der Waals surface area contributed by atoms with Crippen molar-refractivity contribution in [2.24, 2.45) is 0 Å². The van der Waals surface area contributed by atoms with Gasteiger partial charge in [-0.2, -0.15) is 13.2 Å². The van der Waals surface area contributed by atoms with Crippen LogP contribution in [-0.4, -0.2) is 37.0 Å². The molecule has 2 heterocycles. The van der Waals surface area contributed by atoms with E-state index >= 15 is 0 Å². The molecule has 2 fully saturated rings. The molecule has 0 aliphatic carbocycles. The molecular weight excluding hydrogens is 317 g/mol. The molecule has 23 heavy (non-hydrogen) atoms. The second-order valence-electron chi connectivity index (χ2n) is 5.55. The van der Waals surface area contributed by atoms with Gasteiger partial charge in [-0.25, -0.2) is 0 Å². The van der Waals surface area contributed by atoms with Gasteiger partial charge < -0.3 is 14.4 Å². The summed E-state index contributed by atoms with van der Waals surface area (Å²) in [5, 5.41) is 11.2. The van der Waals surface area contributed by atoms with Crippen molar-refractivity contribution in [3.8, 4) is 0 Å². The van der Waals surface area contributed by atoms with Crippen LogP contribution in [0, 0.1) is 10.1 Å². The minimum Gasteiger partial charge on any atom is -0.366 e. The first-order valence-corrected chi connectivity index (χ1v) is 7.19. The van der Waals surface area contributed by atoms with Crippen LogP contribution in [0.15, 0.2) is 18.2 Å². The van der Waals surface area contributed by atoms with Gasteiger partial charge in [0.25, 0.3) is 5.69 Å². The minimum atomic E-state index is -4.61. The third kappa shape index (κ3) is 3.11. The molecule has 0 bridgehead atoms. The fourth-order valence-corrected chi connectivity index (χ4v) is 2.99. The van der Waals surface area contributed by atoms with E-state index in [1.54, 1.807) is 4.90 Å². The standard InChI is InChI=1S/C14H15F3N2O4/c15-14(16,17)10-1-2-11(12(9-10)19(20)21)18-5-3-13(4-6-18)22-7-8-23-13/h1-2,9H,3-8H2. The molecule has 2 saturated heterocycles. The second-order valence-corrected chi connectivity index (χ2v) is 5.55. The molecule has 1 aromatic rings. The van der Waals surface area contributed by atoms with Gasteiger partial charge in [0.2, 0.25) is 0 Å². The van der Waals surface area contributed by atoms with Crippen LogP contribution in [0.1, 0.15) is 18.4 Å². The van der Waals surface area contributed by atoms with Crippen molar-refractivity contribution in [3.63, 3.8) is 0 Å². The zero-order chi connectivity index (χ0) is 16.7. The summed E-state index contributed by atoms with van der Waals surface area (Å²) < 4.78 is 49.4. The number of alkyl halides is 3. The molecule has 1 aromatic carbocycles. The second kappa shape index (κ2) is 5.64. The molecule has 6 nitrogen and oxygen atoms in total. The van der Waals surface area contributed by atoms with Crippen LogP contribution in [0.2, 0.25) is 0 Å². The Balaban J connectivity index is 1.84. The number of hydrogen-bond donors (Lipinski definition) is 0. The van der Waals surface area contributed by atoms with Gasteiger partial charge in [0.05, 0.1) is 23.7 Å². The lowest BCUT2D eigenvalue weighted by Gasteiger charge is -2.38. The van der Waals surface area contributed by atoms with Crippen LogP contribution >= 0.6 is 0 Å². The topological polar surface area (TPSA) is 64.8 Å². The van der Waals surface area contributed by atoms with Gasteiger partial charge in [-0.15, -0.1) is 0 Å². The quantitative estimate of drug-likeness (QED) is 0.615. The predicted octanol–water partition coefficient (Wildman–Crippen LogP) is 2.96. The summed E-state index contributed by atoms with van der Waals surface area (Å²) in [6, 6.07) is 2.62. The number of nitrogens with zero attached hydrogens (tertiary/aromatic N) is 2. The minimum absolute atomic E-state index is 0.191. The monoisotopic (exact) mass is 332 g/mol. The van der Waals surface area contributed by atoms with Gasteiger partial charge in [0.15, 0.2) is 5.79 Å². The Morgan fingerprint density at radius 2 is 1.78 bits per heavy atom. The first kappa shape index (κ1) is 16.0. The molecular formula is C14H15F3N2O4. The number of rotatable bonds is 2. The van der Waals surface area contributed by atoms with Crippen molar-refractivity contribution in [2.75, 3.05) is 31.2 Å². The van der Waals surface area contributed by atoms with Crippen LogP contribution in [0.5, 0.6) is 0 Å². The predicted molar refractivity (Wildman–Crippen MR) is 74.2 cm³/mol. The summed E-state index contributed by atoms with van der Waals surface area (Å²) in [6.07, 6.45) is -3.57. The number of piperidine rings is 1. The van der Waals surface area contributed by atoms with E-state index in [4.69, 9.17) is 9.47 Å². The Labute approximate surface area is 129 Å². The van der Waals surface area contributed by atoms with Crippen LogP contribution in [0.25, 0.3) is 0 Å². The summed E-state index contributed by atoms with van der Waals surface area (Å²) in [5.74, 6) is -0.642. The highest BCUT2D eigenvalue weighted by Gasteiger charge is 2.41. The van der Waals surface area contributed by atoms with Gasteiger partial charge in [-0.05, 0) is 12.1 Å². The first-order valence-electron chi connectivity index (χ1n) is 7.19. The van der Waals surface area contributed by atoms with E-state index < -0.39 is 28.1 Å². The van der Waals surface area contributed by atoms with Crippen LogP contribution in [0.4, 0.5) is 24.5 Å². The molecule has 0 saturated carbocycles. The van der Waals surface area contributed by atoms with Crippen molar-refractivity contribution in [3.05, 3.63) is 33.9 Å². The maximum atomic E-state index is 12.7. The molecule has 0 atom stereocenters. The van der Waals surface area contributed by atoms with Crippen LogP contribution in [-0.2, 0) is 15.7 Å². The van der Waals surface area contributed by atoms with Gasteiger partial charge >= 0.3 is 6.18 Å². The summed E-state index contributed by atoms with van der Waals surface area (Å²) in [5.41, 5.74) is -1.37. The molecule has 1 spiro atoms. The highest BCUT2D eigenvalue weighted by molar-refractivity contribution is 5.65. The SMILES string of the molecule is O=[N+]([O-])c1cc(C(F)(F)F)ccc1N1CCC2(CC1)OCCO2. The molecule has 0 unspecified atom stereocenters. The molecule has 0 amide bonds. The van der Waals surface area contributed by atoms with E-state index in [0.717, 1.165) is 12.1 Å².